The van der Waals surface area contributed by atoms with Crippen molar-refractivity contribution in [2.24, 2.45) is 29.4 Å². The number of rotatable bonds is 3. The van der Waals surface area contributed by atoms with Gasteiger partial charge in [-0.3, -0.25) is 14.5 Å². The van der Waals surface area contributed by atoms with Crippen LogP contribution in [0.4, 0.5) is 0 Å². The lowest BCUT2D eigenvalue weighted by Crippen LogP contribution is -2.50. The van der Waals surface area contributed by atoms with Gasteiger partial charge >= 0.3 is 0 Å². The number of piperidine rings is 1. The molecule has 2 aliphatic carbocycles. The molecule has 0 aromatic rings. The molecule has 5 fully saturated rings. The molecule has 128 valence electrons. The van der Waals surface area contributed by atoms with Crippen LogP contribution in [-0.4, -0.2) is 53.8 Å². The van der Waals surface area contributed by atoms with Crippen LogP contribution in [0.25, 0.3) is 0 Å². The van der Waals surface area contributed by atoms with Gasteiger partial charge in [-0.25, -0.2) is 0 Å². The van der Waals surface area contributed by atoms with Gasteiger partial charge in [0.2, 0.25) is 11.8 Å². The lowest BCUT2D eigenvalue weighted by atomic mass is 9.68. The third kappa shape index (κ3) is 3.12. The summed E-state index contributed by atoms with van der Waals surface area (Å²) in [4.78, 5) is 28.7. The lowest BCUT2D eigenvalue weighted by Gasteiger charge is -2.40. The summed E-state index contributed by atoms with van der Waals surface area (Å²) in [5, 5.41) is 0. The van der Waals surface area contributed by atoms with E-state index in [4.69, 9.17) is 5.73 Å². The largest absolute Gasteiger partial charge is 0.369 e. The van der Waals surface area contributed by atoms with Crippen LogP contribution in [0.2, 0.25) is 0 Å². The third-order valence-corrected chi connectivity index (χ3v) is 6.62. The first-order valence-corrected chi connectivity index (χ1v) is 9.39. The summed E-state index contributed by atoms with van der Waals surface area (Å²) in [7, 11) is 0. The van der Waals surface area contributed by atoms with Crippen molar-refractivity contribution in [1.82, 2.24) is 9.80 Å². The molecule has 0 radical (unpaired) electrons. The number of amides is 2. The van der Waals surface area contributed by atoms with Crippen LogP contribution in [0.1, 0.15) is 44.9 Å². The molecular formula is C18H29N3O2. The number of carbonyl (C=O) groups excluding carboxylic acids is 2. The van der Waals surface area contributed by atoms with Crippen molar-refractivity contribution < 1.29 is 9.59 Å². The number of carbonyl (C=O) groups is 2. The van der Waals surface area contributed by atoms with Crippen LogP contribution >= 0.6 is 0 Å². The highest BCUT2D eigenvalue weighted by atomic mass is 16.2. The zero-order chi connectivity index (χ0) is 16.0. The monoisotopic (exact) mass is 319 g/mol. The van der Waals surface area contributed by atoms with Crippen molar-refractivity contribution in [1.29, 1.82) is 0 Å². The van der Waals surface area contributed by atoms with Gasteiger partial charge in [-0.1, -0.05) is 0 Å². The maximum Gasteiger partial charge on any atom is 0.231 e. The molecule has 0 aromatic heterocycles. The van der Waals surface area contributed by atoms with Gasteiger partial charge < -0.3 is 10.6 Å². The summed E-state index contributed by atoms with van der Waals surface area (Å²) < 4.78 is 0. The Morgan fingerprint density at radius 3 is 2.35 bits per heavy atom. The number of fused-ring (bicyclic) bond motifs is 1. The molecule has 3 heterocycles. The second-order valence-electron chi connectivity index (χ2n) is 8.46. The minimum absolute atomic E-state index is 0.0683. The van der Waals surface area contributed by atoms with E-state index in [1.54, 1.807) is 0 Å². The second-order valence-corrected chi connectivity index (χ2v) is 8.46. The van der Waals surface area contributed by atoms with E-state index in [1.807, 2.05) is 0 Å². The van der Waals surface area contributed by atoms with Crippen molar-refractivity contribution in [3.63, 3.8) is 0 Å². The van der Waals surface area contributed by atoms with E-state index in [1.165, 1.54) is 32.1 Å². The average Bonchev–Trinajstić information content (AvgIpc) is 2.70. The van der Waals surface area contributed by atoms with Crippen LogP contribution < -0.4 is 5.73 Å². The molecule has 5 nitrogen and oxygen atoms in total. The van der Waals surface area contributed by atoms with Crippen molar-refractivity contribution in [3.8, 4) is 0 Å². The maximum atomic E-state index is 13.2. The molecule has 3 saturated heterocycles. The van der Waals surface area contributed by atoms with E-state index in [-0.39, 0.29) is 11.8 Å². The van der Waals surface area contributed by atoms with Gasteiger partial charge in [-0.05, 0) is 69.2 Å². The standard InChI is InChI=1S/C18H29N3O2/c19-17(22)11-20-3-1-2-15(10-20)18(23)21-9-14-5-12-4-13(6-14)8-16(21)7-12/h12-16H,1-11H2,(H2,19,22)/t12-,13+,14?,15?,16?. The molecule has 3 unspecified atom stereocenters. The van der Waals surface area contributed by atoms with Crippen LogP contribution in [0.15, 0.2) is 0 Å². The quantitative estimate of drug-likeness (QED) is 0.850. The van der Waals surface area contributed by atoms with Gasteiger partial charge in [0, 0.05) is 19.1 Å². The van der Waals surface area contributed by atoms with Gasteiger partial charge in [0.15, 0.2) is 0 Å². The predicted molar refractivity (Wildman–Crippen MR) is 87.4 cm³/mol. The minimum atomic E-state index is -0.288. The molecule has 0 aromatic carbocycles. The van der Waals surface area contributed by atoms with Gasteiger partial charge in [0.25, 0.3) is 0 Å². The molecule has 5 rings (SSSR count). The highest BCUT2D eigenvalue weighted by molar-refractivity contribution is 5.80. The molecular weight excluding hydrogens is 290 g/mol. The molecule has 4 bridgehead atoms. The van der Waals surface area contributed by atoms with Gasteiger partial charge in [-0.15, -0.1) is 0 Å². The highest BCUT2D eigenvalue weighted by Crippen LogP contribution is 2.47. The molecule has 2 amide bonds. The Morgan fingerprint density at radius 1 is 0.957 bits per heavy atom. The second kappa shape index (κ2) is 6.08. The van der Waals surface area contributed by atoms with Crippen molar-refractivity contribution in [2.75, 3.05) is 26.2 Å². The summed E-state index contributed by atoms with van der Waals surface area (Å²) >= 11 is 0. The highest BCUT2D eigenvalue weighted by Gasteiger charge is 2.45. The first-order chi connectivity index (χ1) is 11.1. The molecule has 5 heteroatoms. The van der Waals surface area contributed by atoms with E-state index < -0.39 is 0 Å². The normalized spacial score (nSPS) is 40.2. The van der Waals surface area contributed by atoms with Crippen molar-refractivity contribution in [2.45, 2.75) is 51.0 Å². The van der Waals surface area contributed by atoms with E-state index in [2.05, 4.69) is 9.80 Å². The van der Waals surface area contributed by atoms with E-state index in [9.17, 15) is 9.59 Å². The van der Waals surface area contributed by atoms with Crippen molar-refractivity contribution in [3.05, 3.63) is 0 Å². The molecule has 5 atom stereocenters. The van der Waals surface area contributed by atoms with E-state index >= 15 is 0 Å². The maximum absolute atomic E-state index is 13.2. The zero-order valence-corrected chi connectivity index (χ0v) is 14.0. The Labute approximate surface area is 138 Å². The van der Waals surface area contributed by atoms with Crippen molar-refractivity contribution >= 4 is 11.8 Å². The Bertz CT molecular complexity index is 481. The number of nitrogens with two attached hydrogens (primary N) is 1. The number of primary amides is 1. The Morgan fingerprint density at radius 2 is 1.65 bits per heavy atom. The Balaban J connectivity index is 1.45. The summed E-state index contributed by atoms with van der Waals surface area (Å²) in [6.07, 6.45) is 8.52. The predicted octanol–water partition coefficient (Wildman–Crippen LogP) is 1.22. The van der Waals surface area contributed by atoms with E-state index in [0.717, 1.165) is 43.7 Å². The molecule has 5 aliphatic rings. The minimum Gasteiger partial charge on any atom is -0.369 e. The molecule has 23 heavy (non-hydrogen) atoms. The molecule has 2 N–H and O–H groups in total. The smallest absolute Gasteiger partial charge is 0.231 e. The molecule has 3 aliphatic heterocycles. The zero-order valence-electron chi connectivity index (χ0n) is 14.0. The third-order valence-electron chi connectivity index (χ3n) is 6.62. The number of likely N-dealkylation sites (tertiary alicyclic amines) is 1. The van der Waals surface area contributed by atoms with Gasteiger partial charge in [0.1, 0.15) is 0 Å². The topological polar surface area (TPSA) is 66.6 Å². The Hall–Kier alpha value is -1.10. The lowest BCUT2D eigenvalue weighted by molar-refractivity contribution is -0.141. The summed E-state index contributed by atoms with van der Waals surface area (Å²) in [6.45, 7) is 2.88. The van der Waals surface area contributed by atoms with E-state index in [0.29, 0.717) is 25.0 Å². The number of hydrogen-bond donors (Lipinski definition) is 1. The van der Waals surface area contributed by atoms with Gasteiger partial charge in [-0.2, -0.15) is 0 Å². The first-order valence-electron chi connectivity index (χ1n) is 9.39. The SMILES string of the molecule is NC(=O)CN1CCCC(C(=O)N2CC3C[C@@H]4CC2C[C@H](C3)C4)C1. The summed E-state index contributed by atoms with van der Waals surface area (Å²) in [5.41, 5.74) is 5.32. The Kier molecular flexibility index (Phi) is 4.08. The number of hydrogen-bond acceptors (Lipinski definition) is 3. The average molecular weight is 319 g/mol. The first kappa shape index (κ1) is 15.4. The summed E-state index contributed by atoms with van der Waals surface area (Å²) in [6, 6.07) is 0.491. The fourth-order valence-corrected chi connectivity index (χ4v) is 5.91. The molecule has 0 spiro atoms. The summed E-state index contributed by atoms with van der Waals surface area (Å²) in [5.74, 6) is 2.61. The number of nitrogens with zero attached hydrogens (tertiary/aromatic N) is 2. The fourth-order valence-electron chi connectivity index (χ4n) is 5.91. The van der Waals surface area contributed by atoms with Crippen LogP contribution in [-0.2, 0) is 9.59 Å². The molecule has 2 saturated carbocycles. The fraction of sp³-hybridized carbons (Fsp3) is 0.889. The van der Waals surface area contributed by atoms with Crippen LogP contribution in [0.5, 0.6) is 0 Å². The van der Waals surface area contributed by atoms with Crippen LogP contribution in [0, 0.1) is 23.7 Å². The van der Waals surface area contributed by atoms with Crippen LogP contribution in [0.3, 0.4) is 0 Å². The van der Waals surface area contributed by atoms with Gasteiger partial charge in [0.05, 0.1) is 12.5 Å².